The standard InChI is InChI=1S/C18H22N4O2S/c1-10-7-11(2)13(4)17(12(10)3)25(23,24)21-15-8-16-14(5)20-22(6)18(16)19-9-15/h7-9,21H,1-6H3. The first kappa shape index (κ1) is 17.4. The molecule has 0 aliphatic heterocycles. The largest absolute Gasteiger partial charge is 0.278 e. The minimum absolute atomic E-state index is 0.341. The summed E-state index contributed by atoms with van der Waals surface area (Å²) < 4.78 is 30.4. The Morgan fingerprint density at radius 2 is 1.60 bits per heavy atom. The fourth-order valence-corrected chi connectivity index (χ4v) is 4.81. The maximum Gasteiger partial charge on any atom is 0.262 e. The Bertz CT molecular complexity index is 1070. The Kier molecular flexibility index (Phi) is 4.07. The van der Waals surface area contributed by atoms with E-state index in [-0.39, 0.29) is 0 Å². The molecule has 3 aromatic rings. The van der Waals surface area contributed by atoms with Gasteiger partial charge in [-0.1, -0.05) is 6.07 Å². The predicted molar refractivity (Wildman–Crippen MR) is 99.4 cm³/mol. The predicted octanol–water partition coefficient (Wildman–Crippen LogP) is 3.31. The number of hydrogen-bond donors (Lipinski definition) is 1. The lowest BCUT2D eigenvalue weighted by Crippen LogP contribution is -2.17. The van der Waals surface area contributed by atoms with Crippen molar-refractivity contribution in [2.75, 3.05) is 4.72 Å². The summed E-state index contributed by atoms with van der Waals surface area (Å²) in [5, 5.41) is 5.14. The second-order valence-corrected chi connectivity index (χ2v) is 8.12. The first-order valence-corrected chi connectivity index (χ1v) is 9.49. The molecule has 0 saturated carbocycles. The van der Waals surface area contributed by atoms with Crippen molar-refractivity contribution in [1.29, 1.82) is 0 Å². The Balaban J connectivity index is 2.10. The molecular formula is C18H22N4O2S. The highest BCUT2D eigenvalue weighted by Crippen LogP contribution is 2.28. The van der Waals surface area contributed by atoms with Crippen LogP contribution in [0.5, 0.6) is 0 Å². The van der Waals surface area contributed by atoms with Crippen molar-refractivity contribution < 1.29 is 8.42 Å². The van der Waals surface area contributed by atoms with Gasteiger partial charge in [-0.3, -0.25) is 9.40 Å². The van der Waals surface area contributed by atoms with Gasteiger partial charge < -0.3 is 0 Å². The molecule has 7 heteroatoms. The van der Waals surface area contributed by atoms with E-state index in [0.717, 1.165) is 39.0 Å². The highest BCUT2D eigenvalue weighted by Gasteiger charge is 2.22. The molecule has 25 heavy (non-hydrogen) atoms. The van der Waals surface area contributed by atoms with Crippen LogP contribution in [-0.4, -0.2) is 23.2 Å². The topological polar surface area (TPSA) is 76.9 Å². The van der Waals surface area contributed by atoms with E-state index in [1.54, 1.807) is 10.7 Å². The van der Waals surface area contributed by atoms with Gasteiger partial charge >= 0.3 is 0 Å². The molecule has 0 fully saturated rings. The van der Waals surface area contributed by atoms with Crippen molar-refractivity contribution in [2.24, 2.45) is 7.05 Å². The molecule has 3 rings (SSSR count). The number of aryl methyl sites for hydroxylation is 4. The second kappa shape index (κ2) is 5.84. The number of fused-ring (bicyclic) bond motifs is 1. The van der Waals surface area contributed by atoms with E-state index in [1.165, 1.54) is 6.20 Å². The first-order chi connectivity index (χ1) is 11.6. The van der Waals surface area contributed by atoms with Crippen LogP contribution in [-0.2, 0) is 17.1 Å². The maximum absolute atomic E-state index is 13.0. The van der Waals surface area contributed by atoms with E-state index in [0.29, 0.717) is 10.6 Å². The van der Waals surface area contributed by atoms with Crippen LogP contribution >= 0.6 is 0 Å². The summed E-state index contributed by atoms with van der Waals surface area (Å²) in [4.78, 5) is 4.67. The SMILES string of the molecule is Cc1cc(C)c(C)c(S(=O)(=O)Nc2cnc3c(c2)c(C)nn3C)c1C. The molecule has 2 heterocycles. The van der Waals surface area contributed by atoms with Crippen LogP contribution in [0.25, 0.3) is 11.0 Å². The van der Waals surface area contributed by atoms with Crippen molar-refractivity contribution in [2.45, 2.75) is 39.5 Å². The third kappa shape index (κ3) is 2.89. The number of pyridine rings is 1. The van der Waals surface area contributed by atoms with Gasteiger partial charge in [0.2, 0.25) is 0 Å². The highest BCUT2D eigenvalue weighted by molar-refractivity contribution is 7.92. The zero-order valence-electron chi connectivity index (χ0n) is 15.3. The molecule has 0 atom stereocenters. The molecule has 1 N–H and O–H groups in total. The van der Waals surface area contributed by atoms with E-state index in [9.17, 15) is 8.42 Å². The number of benzene rings is 1. The summed E-state index contributed by atoms with van der Waals surface area (Å²) in [5.74, 6) is 0. The summed E-state index contributed by atoms with van der Waals surface area (Å²) in [6, 6.07) is 3.78. The molecule has 0 bridgehead atoms. The quantitative estimate of drug-likeness (QED) is 0.779. The van der Waals surface area contributed by atoms with Gasteiger partial charge in [-0.15, -0.1) is 0 Å². The first-order valence-electron chi connectivity index (χ1n) is 8.01. The Labute approximate surface area is 147 Å². The molecule has 0 aliphatic rings. The average Bonchev–Trinajstić information content (AvgIpc) is 2.79. The van der Waals surface area contributed by atoms with Crippen LogP contribution < -0.4 is 4.72 Å². The summed E-state index contributed by atoms with van der Waals surface area (Å²) in [7, 11) is -1.90. The minimum Gasteiger partial charge on any atom is -0.278 e. The Hall–Kier alpha value is -2.41. The Morgan fingerprint density at radius 1 is 1.00 bits per heavy atom. The molecule has 0 saturated heterocycles. The molecular weight excluding hydrogens is 336 g/mol. The molecule has 0 unspecified atom stereocenters. The molecule has 0 aliphatic carbocycles. The van der Waals surface area contributed by atoms with E-state index in [2.05, 4.69) is 14.8 Å². The van der Waals surface area contributed by atoms with Crippen LogP contribution in [0.3, 0.4) is 0 Å². The van der Waals surface area contributed by atoms with E-state index < -0.39 is 10.0 Å². The van der Waals surface area contributed by atoms with Crippen molar-refractivity contribution in [3.05, 3.63) is 46.3 Å². The summed E-state index contributed by atoms with van der Waals surface area (Å²) in [6.45, 7) is 9.40. The van der Waals surface area contributed by atoms with Gasteiger partial charge in [0.25, 0.3) is 10.0 Å². The number of nitrogens with one attached hydrogen (secondary N) is 1. The maximum atomic E-state index is 13.0. The van der Waals surface area contributed by atoms with Gasteiger partial charge in [0.15, 0.2) is 5.65 Å². The zero-order valence-corrected chi connectivity index (χ0v) is 16.1. The molecule has 0 spiro atoms. The number of sulfonamides is 1. The third-order valence-corrected chi connectivity index (χ3v) is 6.34. The van der Waals surface area contributed by atoms with E-state index in [4.69, 9.17) is 0 Å². The third-order valence-electron chi connectivity index (χ3n) is 4.68. The van der Waals surface area contributed by atoms with Gasteiger partial charge in [-0.05, 0) is 62.9 Å². The molecule has 2 aromatic heterocycles. The van der Waals surface area contributed by atoms with E-state index >= 15 is 0 Å². The van der Waals surface area contributed by atoms with Gasteiger partial charge in [-0.2, -0.15) is 5.10 Å². The number of hydrogen-bond acceptors (Lipinski definition) is 4. The van der Waals surface area contributed by atoms with Crippen molar-refractivity contribution in [3.8, 4) is 0 Å². The molecule has 0 amide bonds. The zero-order chi connectivity index (χ0) is 18.5. The van der Waals surface area contributed by atoms with Crippen LogP contribution in [0, 0.1) is 34.6 Å². The second-order valence-electron chi connectivity index (χ2n) is 6.50. The minimum atomic E-state index is -3.71. The van der Waals surface area contributed by atoms with Crippen molar-refractivity contribution >= 4 is 26.7 Å². The van der Waals surface area contributed by atoms with Crippen LogP contribution in [0.15, 0.2) is 23.2 Å². The lowest BCUT2D eigenvalue weighted by atomic mass is 10.0. The lowest BCUT2D eigenvalue weighted by molar-refractivity contribution is 0.599. The molecule has 132 valence electrons. The van der Waals surface area contributed by atoms with E-state index in [1.807, 2.05) is 47.7 Å². The van der Waals surface area contributed by atoms with Crippen LogP contribution in [0.1, 0.15) is 27.9 Å². The number of anilines is 1. The summed E-state index contributed by atoms with van der Waals surface area (Å²) >= 11 is 0. The number of rotatable bonds is 3. The molecule has 0 radical (unpaired) electrons. The normalized spacial score (nSPS) is 11.9. The number of aromatic nitrogens is 3. The van der Waals surface area contributed by atoms with Crippen molar-refractivity contribution in [3.63, 3.8) is 0 Å². The Morgan fingerprint density at radius 3 is 2.20 bits per heavy atom. The fourth-order valence-electron chi connectivity index (χ4n) is 3.15. The van der Waals surface area contributed by atoms with Crippen molar-refractivity contribution in [1.82, 2.24) is 14.8 Å². The fraction of sp³-hybridized carbons (Fsp3) is 0.333. The smallest absolute Gasteiger partial charge is 0.262 e. The molecule has 1 aromatic carbocycles. The van der Waals surface area contributed by atoms with Crippen LogP contribution in [0.4, 0.5) is 5.69 Å². The van der Waals surface area contributed by atoms with Gasteiger partial charge in [0, 0.05) is 12.4 Å². The van der Waals surface area contributed by atoms with Crippen LogP contribution in [0.2, 0.25) is 0 Å². The summed E-state index contributed by atoms with van der Waals surface area (Å²) in [6.07, 6.45) is 1.52. The van der Waals surface area contributed by atoms with Gasteiger partial charge in [0.1, 0.15) is 0 Å². The molecule has 6 nitrogen and oxygen atoms in total. The van der Waals surface area contributed by atoms with Gasteiger partial charge in [-0.25, -0.2) is 13.4 Å². The highest BCUT2D eigenvalue weighted by atomic mass is 32.2. The lowest BCUT2D eigenvalue weighted by Gasteiger charge is -2.16. The average molecular weight is 358 g/mol. The summed E-state index contributed by atoms with van der Waals surface area (Å²) in [5.41, 5.74) is 5.41. The van der Waals surface area contributed by atoms with Gasteiger partial charge in [0.05, 0.1) is 22.5 Å². The monoisotopic (exact) mass is 358 g/mol. The number of nitrogens with zero attached hydrogens (tertiary/aromatic N) is 3.